The van der Waals surface area contributed by atoms with Crippen molar-refractivity contribution in [3.05, 3.63) is 0 Å². The lowest BCUT2D eigenvalue weighted by molar-refractivity contribution is -0.124. The Hall–Kier alpha value is -0.850. The van der Waals surface area contributed by atoms with Crippen LogP contribution in [0.5, 0.6) is 0 Å². The first-order chi connectivity index (χ1) is 6.00. The molecule has 1 fully saturated rings. The molecule has 6 nitrogen and oxygen atoms in total. The third kappa shape index (κ3) is 3.13. The van der Waals surface area contributed by atoms with E-state index in [9.17, 15) is 9.59 Å². The Labute approximate surface area is 88.4 Å². The monoisotopic (exact) mass is 222 g/mol. The average molecular weight is 223 g/mol. The summed E-state index contributed by atoms with van der Waals surface area (Å²) < 4.78 is 0. The molecule has 0 aliphatic carbocycles. The minimum Gasteiger partial charge on any atom is -0.368 e. The zero-order chi connectivity index (χ0) is 10.0. The van der Waals surface area contributed by atoms with Gasteiger partial charge in [0.1, 0.15) is 0 Å². The summed E-state index contributed by atoms with van der Waals surface area (Å²) >= 11 is 0. The molecule has 1 aliphatic heterocycles. The molecule has 1 aliphatic rings. The molecule has 0 spiro atoms. The van der Waals surface area contributed by atoms with E-state index in [1.54, 1.807) is 12.1 Å². The second-order valence-electron chi connectivity index (χ2n) is 3.30. The summed E-state index contributed by atoms with van der Waals surface area (Å²) in [7, 11) is 1.76. The van der Waals surface area contributed by atoms with Crippen molar-refractivity contribution >= 4 is 24.2 Å². The van der Waals surface area contributed by atoms with Crippen LogP contribution < -0.4 is 16.9 Å². The second kappa shape index (κ2) is 5.14. The fourth-order valence-electron chi connectivity index (χ4n) is 1.34. The van der Waals surface area contributed by atoms with Gasteiger partial charge in [0.15, 0.2) is 0 Å². The topological polar surface area (TPSA) is 101 Å². The first kappa shape index (κ1) is 13.2. The number of nitrogens with zero attached hydrogens (tertiary/aromatic N) is 1. The van der Waals surface area contributed by atoms with Crippen molar-refractivity contribution in [3.63, 3.8) is 0 Å². The molecule has 7 heteroatoms. The Balaban J connectivity index is 0.00000169. The Morgan fingerprint density at radius 3 is 2.71 bits per heavy atom. The summed E-state index contributed by atoms with van der Waals surface area (Å²) in [5, 5.41) is 1.67. The number of hydrogen-bond acceptors (Lipinski definition) is 4. The van der Waals surface area contributed by atoms with E-state index >= 15 is 0 Å². The maximum absolute atomic E-state index is 11.2. The van der Waals surface area contributed by atoms with Gasteiger partial charge in [0.25, 0.3) is 0 Å². The van der Waals surface area contributed by atoms with Gasteiger partial charge in [0.2, 0.25) is 11.8 Å². The van der Waals surface area contributed by atoms with Crippen molar-refractivity contribution < 1.29 is 9.59 Å². The Morgan fingerprint density at radius 2 is 2.36 bits per heavy atom. The summed E-state index contributed by atoms with van der Waals surface area (Å²) in [6.45, 7) is 0.569. The highest BCUT2D eigenvalue weighted by atomic mass is 35.5. The summed E-state index contributed by atoms with van der Waals surface area (Å²) in [6.07, 6.45) is 0.311. The summed E-state index contributed by atoms with van der Waals surface area (Å²) in [5.74, 6) is -0.894. The SMILES string of the molecule is CN1C[C@@H](C[C@H](N)C(N)=O)C(=O)N1.Cl. The summed E-state index contributed by atoms with van der Waals surface area (Å²) in [6, 6.07) is -0.734. The van der Waals surface area contributed by atoms with E-state index in [0.717, 1.165) is 0 Å². The highest BCUT2D eigenvalue weighted by molar-refractivity contribution is 5.85. The van der Waals surface area contributed by atoms with Gasteiger partial charge in [-0.05, 0) is 6.42 Å². The van der Waals surface area contributed by atoms with Crippen LogP contribution in [0.3, 0.4) is 0 Å². The number of carbonyl (C=O) groups is 2. The van der Waals surface area contributed by atoms with Crippen molar-refractivity contribution in [2.45, 2.75) is 12.5 Å². The molecule has 0 aromatic rings. The van der Waals surface area contributed by atoms with Crippen molar-refractivity contribution in [1.29, 1.82) is 0 Å². The minimum absolute atomic E-state index is 0. The number of rotatable bonds is 3. The number of carbonyl (C=O) groups excluding carboxylic acids is 2. The van der Waals surface area contributed by atoms with Gasteiger partial charge < -0.3 is 11.5 Å². The van der Waals surface area contributed by atoms with Crippen molar-refractivity contribution in [2.75, 3.05) is 13.6 Å². The smallest absolute Gasteiger partial charge is 0.238 e. The standard InChI is InChI=1S/C7H14N4O2.ClH/c1-11-3-4(7(13)10-11)2-5(8)6(9)12;/h4-5H,2-3,8H2,1H3,(H2,9,12)(H,10,13);1H/t4-,5+;/m1./s1. The lowest BCUT2D eigenvalue weighted by Crippen LogP contribution is -2.39. The van der Waals surface area contributed by atoms with Crippen LogP contribution in [0.15, 0.2) is 0 Å². The third-order valence-electron chi connectivity index (χ3n) is 2.07. The molecule has 5 N–H and O–H groups in total. The van der Waals surface area contributed by atoms with Crippen LogP contribution in [0.2, 0.25) is 0 Å². The van der Waals surface area contributed by atoms with E-state index in [1.165, 1.54) is 0 Å². The molecule has 2 atom stereocenters. The maximum atomic E-state index is 11.2. The molecule has 82 valence electrons. The van der Waals surface area contributed by atoms with Gasteiger partial charge in [-0.1, -0.05) is 0 Å². The number of hydrazine groups is 1. The largest absolute Gasteiger partial charge is 0.368 e. The van der Waals surface area contributed by atoms with Gasteiger partial charge in [-0.15, -0.1) is 12.4 Å². The molecule has 0 radical (unpaired) electrons. The number of amides is 2. The quantitative estimate of drug-likeness (QED) is 0.525. The molecular formula is C7H15ClN4O2. The van der Waals surface area contributed by atoms with Gasteiger partial charge in [-0.3, -0.25) is 15.0 Å². The van der Waals surface area contributed by atoms with Crippen LogP contribution in [0, 0.1) is 5.92 Å². The van der Waals surface area contributed by atoms with E-state index in [2.05, 4.69) is 5.43 Å². The van der Waals surface area contributed by atoms with Gasteiger partial charge in [-0.25, -0.2) is 5.01 Å². The molecular weight excluding hydrogens is 208 g/mol. The zero-order valence-electron chi connectivity index (χ0n) is 7.90. The Kier molecular flexibility index (Phi) is 4.82. The molecule has 1 saturated heterocycles. The Bertz CT molecular complexity index is 236. The number of hydrogen-bond donors (Lipinski definition) is 3. The van der Waals surface area contributed by atoms with Crippen molar-refractivity contribution in [3.8, 4) is 0 Å². The normalized spacial score (nSPS) is 23.9. The van der Waals surface area contributed by atoms with Crippen LogP contribution in [-0.4, -0.2) is 36.5 Å². The van der Waals surface area contributed by atoms with Crippen LogP contribution in [0.4, 0.5) is 0 Å². The first-order valence-electron chi connectivity index (χ1n) is 4.07. The molecule has 1 rings (SSSR count). The molecule has 1 heterocycles. The molecule has 14 heavy (non-hydrogen) atoms. The lowest BCUT2D eigenvalue weighted by atomic mass is 10.0. The van der Waals surface area contributed by atoms with Crippen LogP contribution in [0.1, 0.15) is 6.42 Å². The van der Waals surface area contributed by atoms with E-state index in [4.69, 9.17) is 11.5 Å². The van der Waals surface area contributed by atoms with E-state index in [-0.39, 0.29) is 24.2 Å². The van der Waals surface area contributed by atoms with Gasteiger partial charge in [0, 0.05) is 13.6 Å². The van der Waals surface area contributed by atoms with Crippen molar-refractivity contribution in [1.82, 2.24) is 10.4 Å². The second-order valence-corrected chi connectivity index (χ2v) is 3.30. The van der Waals surface area contributed by atoms with Crippen LogP contribution in [0.25, 0.3) is 0 Å². The highest BCUT2D eigenvalue weighted by Gasteiger charge is 2.30. The number of halogens is 1. The average Bonchev–Trinajstić information content (AvgIpc) is 2.30. The number of primary amides is 1. The molecule has 0 saturated carbocycles. The van der Waals surface area contributed by atoms with E-state index in [0.29, 0.717) is 13.0 Å². The highest BCUT2D eigenvalue weighted by Crippen LogP contribution is 2.12. The maximum Gasteiger partial charge on any atom is 0.238 e. The molecule has 0 aromatic carbocycles. The summed E-state index contributed by atoms with van der Waals surface area (Å²) in [5.41, 5.74) is 13.0. The molecule has 0 bridgehead atoms. The van der Waals surface area contributed by atoms with Gasteiger partial charge in [0.05, 0.1) is 12.0 Å². The van der Waals surface area contributed by atoms with E-state index < -0.39 is 11.9 Å². The predicted molar refractivity (Wildman–Crippen MR) is 53.3 cm³/mol. The number of nitrogens with one attached hydrogen (secondary N) is 1. The molecule has 0 unspecified atom stereocenters. The van der Waals surface area contributed by atoms with Gasteiger partial charge in [-0.2, -0.15) is 0 Å². The van der Waals surface area contributed by atoms with E-state index in [1.807, 2.05) is 0 Å². The molecule has 0 aromatic heterocycles. The number of nitrogens with two attached hydrogens (primary N) is 2. The van der Waals surface area contributed by atoms with Crippen LogP contribution >= 0.6 is 12.4 Å². The van der Waals surface area contributed by atoms with Gasteiger partial charge >= 0.3 is 0 Å². The fourth-order valence-corrected chi connectivity index (χ4v) is 1.34. The third-order valence-corrected chi connectivity index (χ3v) is 2.07. The first-order valence-corrected chi connectivity index (χ1v) is 4.07. The fraction of sp³-hybridized carbons (Fsp3) is 0.714. The lowest BCUT2D eigenvalue weighted by Gasteiger charge is -2.10. The summed E-state index contributed by atoms with van der Waals surface area (Å²) in [4.78, 5) is 21.8. The predicted octanol–water partition coefficient (Wildman–Crippen LogP) is -1.80. The minimum atomic E-state index is -0.734. The zero-order valence-corrected chi connectivity index (χ0v) is 8.71. The van der Waals surface area contributed by atoms with Crippen molar-refractivity contribution in [2.24, 2.45) is 17.4 Å². The van der Waals surface area contributed by atoms with Crippen LogP contribution in [-0.2, 0) is 9.59 Å². The molecule has 2 amide bonds. The Morgan fingerprint density at radius 1 is 1.79 bits per heavy atom.